The van der Waals surface area contributed by atoms with Gasteiger partial charge < -0.3 is 10.6 Å². The van der Waals surface area contributed by atoms with Gasteiger partial charge in [0, 0.05) is 12.1 Å². The van der Waals surface area contributed by atoms with Gasteiger partial charge in [0.25, 0.3) is 0 Å². The topological polar surface area (TPSA) is 82.9 Å². The van der Waals surface area contributed by atoms with Crippen LogP contribution in [0.4, 0.5) is 10.1 Å². The molecule has 1 unspecified atom stereocenters. The largest absolute Gasteiger partial charge is 0.326 e. The lowest BCUT2D eigenvalue weighted by atomic mass is 10.2. The van der Waals surface area contributed by atoms with E-state index < -0.39 is 5.25 Å². The lowest BCUT2D eigenvalue weighted by molar-refractivity contribution is -0.122. The Balaban J connectivity index is 1.54. The summed E-state index contributed by atoms with van der Waals surface area (Å²) in [6, 6.07) is 13.2. The van der Waals surface area contributed by atoms with Crippen LogP contribution in [0.1, 0.15) is 17.5 Å². The summed E-state index contributed by atoms with van der Waals surface area (Å²) in [6.07, 6.45) is 1.49. The van der Waals surface area contributed by atoms with Crippen LogP contribution in [-0.4, -0.2) is 28.4 Å². The second kappa shape index (κ2) is 8.59. The number of rotatable bonds is 5. The van der Waals surface area contributed by atoms with Crippen LogP contribution in [0.2, 0.25) is 0 Å². The molecule has 1 aliphatic heterocycles. The van der Waals surface area contributed by atoms with Crippen LogP contribution in [0.5, 0.6) is 0 Å². The molecule has 0 saturated carbocycles. The van der Waals surface area contributed by atoms with Gasteiger partial charge in [-0.3, -0.25) is 9.59 Å². The SMILES string of the molecule is Cc1ccc(NC(=O)CC2S/C(=N/N=C/c3ccc(F)cc3)NC2=O)cc1. The van der Waals surface area contributed by atoms with Crippen LogP contribution in [0.25, 0.3) is 0 Å². The minimum Gasteiger partial charge on any atom is -0.326 e. The van der Waals surface area contributed by atoms with E-state index >= 15 is 0 Å². The molecule has 1 atom stereocenters. The molecule has 0 aliphatic carbocycles. The van der Waals surface area contributed by atoms with Crippen LogP contribution in [0, 0.1) is 12.7 Å². The molecule has 1 saturated heterocycles. The van der Waals surface area contributed by atoms with E-state index in [2.05, 4.69) is 20.8 Å². The molecule has 27 heavy (non-hydrogen) atoms. The van der Waals surface area contributed by atoms with Crippen molar-refractivity contribution < 1.29 is 14.0 Å². The fourth-order valence-corrected chi connectivity index (χ4v) is 3.22. The van der Waals surface area contributed by atoms with E-state index in [1.807, 2.05) is 31.2 Å². The van der Waals surface area contributed by atoms with Crippen LogP contribution in [-0.2, 0) is 9.59 Å². The Hall–Kier alpha value is -3.00. The highest BCUT2D eigenvalue weighted by Gasteiger charge is 2.32. The smallest absolute Gasteiger partial charge is 0.240 e. The van der Waals surface area contributed by atoms with Crippen molar-refractivity contribution in [3.8, 4) is 0 Å². The Morgan fingerprint density at radius 3 is 2.63 bits per heavy atom. The lowest BCUT2D eigenvalue weighted by Crippen LogP contribution is -2.28. The summed E-state index contributed by atoms with van der Waals surface area (Å²) < 4.78 is 12.8. The predicted octanol–water partition coefficient (Wildman–Crippen LogP) is 3.08. The minimum absolute atomic E-state index is 0.0328. The first-order valence-electron chi connectivity index (χ1n) is 8.20. The normalized spacial score (nSPS) is 18.1. The van der Waals surface area contributed by atoms with Gasteiger partial charge in [-0.25, -0.2) is 4.39 Å². The number of nitrogens with zero attached hydrogens (tertiary/aromatic N) is 2. The molecular weight excluding hydrogens is 367 g/mol. The number of amides is 2. The zero-order valence-electron chi connectivity index (χ0n) is 14.5. The van der Waals surface area contributed by atoms with Gasteiger partial charge in [-0.15, -0.1) is 5.10 Å². The van der Waals surface area contributed by atoms with Crippen molar-refractivity contribution in [3.63, 3.8) is 0 Å². The van der Waals surface area contributed by atoms with Crippen molar-refractivity contribution >= 4 is 40.6 Å². The van der Waals surface area contributed by atoms with Crippen molar-refractivity contribution in [2.75, 3.05) is 5.32 Å². The van der Waals surface area contributed by atoms with Crippen molar-refractivity contribution in [1.82, 2.24) is 5.32 Å². The maximum absolute atomic E-state index is 12.8. The van der Waals surface area contributed by atoms with Gasteiger partial charge in [0.15, 0.2) is 5.17 Å². The fourth-order valence-electron chi connectivity index (χ4n) is 2.30. The first-order chi connectivity index (χ1) is 13.0. The highest BCUT2D eigenvalue weighted by Crippen LogP contribution is 2.23. The summed E-state index contributed by atoms with van der Waals surface area (Å²) in [7, 11) is 0. The highest BCUT2D eigenvalue weighted by atomic mass is 32.2. The summed E-state index contributed by atoms with van der Waals surface area (Å²) in [5, 5.41) is 12.9. The molecule has 8 heteroatoms. The predicted molar refractivity (Wildman–Crippen MR) is 105 cm³/mol. The number of hydrogen-bond donors (Lipinski definition) is 2. The van der Waals surface area contributed by atoms with E-state index in [-0.39, 0.29) is 24.1 Å². The molecule has 3 rings (SSSR count). The van der Waals surface area contributed by atoms with Crippen molar-refractivity contribution in [2.24, 2.45) is 10.2 Å². The van der Waals surface area contributed by atoms with Crippen molar-refractivity contribution in [3.05, 3.63) is 65.5 Å². The van der Waals surface area contributed by atoms with E-state index in [1.54, 1.807) is 12.1 Å². The minimum atomic E-state index is -0.560. The number of hydrogen-bond acceptors (Lipinski definition) is 5. The number of benzene rings is 2. The molecule has 2 aromatic carbocycles. The van der Waals surface area contributed by atoms with Crippen LogP contribution in [0.15, 0.2) is 58.7 Å². The maximum Gasteiger partial charge on any atom is 0.240 e. The number of carbonyl (C=O) groups is 2. The first kappa shape index (κ1) is 18.8. The molecule has 6 nitrogen and oxygen atoms in total. The van der Waals surface area contributed by atoms with Gasteiger partial charge in [-0.05, 0) is 36.8 Å². The van der Waals surface area contributed by atoms with E-state index in [9.17, 15) is 14.0 Å². The second-order valence-electron chi connectivity index (χ2n) is 5.92. The zero-order chi connectivity index (χ0) is 19.2. The summed E-state index contributed by atoms with van der Waals surface area (Å²) in [5.74, 6) is -0.860. The standard InChI is InChI=1S/C19H17FN4O2S/c1-12-2-8-15(9-3-12)22-17(25)10-16-18(26)23-19(27-16)24-21-11-13-4-6-14(20)7-5-13/h2-9,11,16H,10H2,1H3,(H,22,25)(H,23,24,26)/b21-11+. The summed E-state index contributed by atoms with van der Waals surface area (Å²) in [6.45, 7) is 1.96. The number of thioether (sulfide) groups is 1. The maximum atomic E-state index is 12.8. The molecule has 0 bridgehead atoms. The summed E-state index contributed by atoms with van der Waals surface area (Å²) in [5.41, 5.74) is 2.47. The van der Waals surface area contributed by atoms with Gasteiger partial charge in [0.2, 0.25) is 11.8 Å². The lowest BCUT2D eigenvalue weighted by Gasteiger charge is -2.07. The average Bonchev–Trinajstić information content (AvgIpc) is 2.98. The third-order valence-electron chi connectivity index (χ3n) is 3.71. The number of anilines is 1. The third-order valence-corrected chi connectivity index (χ3v) is 4.78. The Morgan fingerprint density at radius 1 is 1.22 bits per heavy atom. The quantitative estimate of drug-likeness (QED) is 0.614. The number of carbonyl (C=O) groups excluding carboxylic acids is 2. The molecule has 1 aliphatic rings. The molecule has 2 amide bonds. The molecule has 138 valence electrons. The molecule has 2 N–H and O–H groups in total. The molecule has 0 spiro atoms. The third kappa shape index (κ3) is 5.49. The fraction of sp³-hybridized carbons (Fsp3) is 0.158. The second-order valence-corrected chi connectivity index (χ2v) is 7.11. The van der Waals surface area contributed by atoms with E-state index in [1.165, 1.54) is 18.3 Å². The van der Waals surface area contributed by atoms with Gasteiger partial charge in [-0.1, -0.05) is 41.6 Å². The molecular formula is C19H17FN4O2S. The van der Waals surface area contributed by atoms with Gasteiger partial charge in [-0.2, -0.15) is 5.10 Å². The molecule has 2 aromatic rings. The van der Waals surface area contributed by atoms with Gasteiger partial charge in [0.05, 0.1) is 6.21 Å². The number of halogens is 1. The summed E-state index contributed by atoms with van der Waals surface area (Å²) in [4.78, 5) is 24.1. The average molecular weight is 384 g/mol. The molecule has 1 fully saturated rings. The zero-order valence-corrected chi connectivity index (χ0v) is 15.3. The first-order valence-corrected chi connectivity index (χ1v) is 9.08. The van der Waals surface area contributed by atoms with Crippen LogP contribution < -0.4 is 10.6 Å². The molecule has 0 radical (unpaired) electrons. The number of amidine groups is 1. The van der Waals surface area contributed by atoms with Gasteiger partial charge in [0.1, 0.15) is 11.1 Å². The van der Waals surface area contributed by atoms with Crippen LogP contribution >= 0.6 is 11.8 Å². The summed E-state index contributed by atoms with van der Waals surface area (Å²) >= 11 is 1.15. The molecule has 1 heterocycles. The number of aryl methyl sites for hydroxylation is 1. The Labute approximate surface area is 160 Å². The van der Waals surface area contributed by atoms with E-state index in [0.717, 1.165) is 17.3 Å². The van der Waals surface area contributed by atoms with Crippen LogP contribution in [0.3, 0.4) is 0 Å². The Bertz CT molecular complexity index is 895. The Morgan fingerprint density at radius 2 is 1.93 bits per heavy atom. The van der Waals surface area contributed by atoms with E-state index in [0.29, 0.717) is 16.4 Å². The monoisotopic (exact) mass is 384 g/mol. The number of nitrogens with one attached hydrogen (secondary N) is 2. The Kier molecular flexibility index (Phi) is 5.97. The highest BCUT2D eigenvalue weighted by molar-refractivity contribution is 8.15. The molecule has 0 aromatic heterocycles. The van der Waals surface area contributed by atoms with E-state index in [4.69, 9.17) is 0 Å². The van der Waals surface area contributed by atoms with Gasteiger partial charge >= 0.3 is 0 Å². The van der Waals surface area contributed by atoms with Crippen molar-refractivity contribution in [2.45, 2.75) is 18.6 Å². The van der Waals surface area contributed by atoms with Crippen molar-refractivity contribution in [1.29, 1.82) is 0 Å².